The third-order valence-corrected chi connectivity index (χ3v) is 2.91. The quantitative estimate of drug-likeness (QED) is 0.874. The van der Waals surface area contributed by atoms with Crippen LogP contribution in [-0.2, 0) is 11.3 Å². The van der Waals surface area contributed by atoms with Gasteiger partial charge in [-0.05, 0) is 24.6 Å². The number of amides is 1. The zero-order chi connectivity index (χ0) is 14.4. The van der Waals surface area contributed by atoms with Crippen molar-refractivity contribution in [2.75, 3.05) is 5.32 Å². The van der Waals surface area contributed by atoms with Crippen molar-refractivity contribution in [3.63, 3.8) is 0 Å². The van der Waals surface area contributed by atoms with E-state index in [9.17, 15) is 4.79 Å². The molecule has 1 atom stereocenters. The fraction of sp³-hybridized carbons (Fsp3) is 0.267. The summed E-state index contributed by atoms with van der Waals surface area (Å²) in [5.41, 5.74) is 2.82. The van der Waals surface area contributed by atoms with Gasteiger partial charge in [0.2, 0.25) is 5.91 Å². The second kappa shape index (κ2) is 6.77. The molecule has 0 bridgehead atoms. The zero-order valence-electron chi connectivity index (χ0n) is 11.6. The van der Waals surface area contributed by atoms with Crippen LogP contribution in [0, 0.1) is 0 Å². The van der Waals surface area contributed by atoms with Gasteiger partial charge in [0.05, 0.1) is 5.69 Å². The third kappa shape index (κ3) is 4.13. The van der Waals surface area contributed by atoms with Crippen molar-refractivity contribution >= 4 is 11.6 Å². The van der Waals surface area contributed by atoms with Crippen LogP contribution >= 0.6 is 0 Å². The van der Waals surface area contributed by atoms with E-state index >= 15 is 0 Å². The number of rotatable bonds is 5. The van der Waals surface area contributed by atoms with E-state index in [1.54, 1.807) is 18.6 Å². The van der Waals surface area contributed by atoms with Crippen molar-refractivity contribution in [2.24, 2.45) is 0 Å². The van der Waals surface area contributed by atoms with E-state index in [2.05, 4.69) is 27.5 Å². The highest BCUT2D eigenvalue weighted by Crippen LogP contribution is 2.17. The molecule has 1 aromatic carbocycles. The molecule has 104 valence electrons. The molecular formula is C15H18N4O. The van der Waals surface area contributed by atoms with Crippen LogP contribution in [0.5, 0.6) is 0 Å². The normalized spacial score (nSPS) is 11.9. The summed E-state index contributed by atoms with van der Waals surface area (Å²) < 4.78 is 0. The molecule has 5 nitrogen and oxygen atoms in total. The van der Waals surface area contributed by atoms with E-state index in [4.69, 9.17) is 0 Å². The number of anilines is 1. The molecule has 0 fully saturated rings. The molecule has 5 heteroatoms. The van der Waals surface area contributed by atoms with Crippen LogP contribution in [0.1, 0.15) is 31.1 Å². The van der Waals surface area contributed by atoms with Crippen molar-refractivity contribution in [3.8, 4) is 0 Å². The van der Waals surface area contributed by atoms with Crippen LogP contribution < -0.4 is 10.6 Å². The Balaban J connectivity index is 1.98. The fourth-order valence-electron chi connectivity index (χ4n) is 1.89. The first kappa shape index (κ1) is 14.1. The maximum atomic E-state index is 11.1. The van der Waals surface area contributed by atoms with Crippen LogP contribution in [-0.4, -0.2) is 15.9 Å². The maximum absolute atomic E-state index is 11.1. The first-order valence-electron chi connectivity index (χ1n) is 6.51. The minimum absolute atomic E-state index is 0.0673. The van der Waals surface area contributed by atoms with Gasteiger partial charge in [-0.1, -0.05) is 12.1 Å². The highest BCUT2D eigenvalue weighted by Gasteiger charge is 2.06. The second-order valence-electron chi connectivity index (χ2n) is 4.61. The topological polar surface area (TPSA) is 66.9 Å². The van der Waals surface area contributed by atoms with Gasteiger partial charge in [0.25, 0.3) is 0 Å². The van der Waals surface area contributed by atoms with Crippen molar-refractivity contribution in [2.45, 2.75) is 26.4 Å². The predicted molar refractivity (Wildman–Crippen MR) is 78.0 cm³/mol. The van der Waals surface area contributed by atoms with E-state index in [0.717, 1.165) is 16.9 Å². The lowest BCUT2D eigenvalue weighted by Gasteiger charge is -2.15. The second-order valence-corrected chi connectivity index (χ2v) is 4.61. The molecule has 20 heavy (non-hydrogen) atoms. The van der Waals surface area contributed by atoms with E-state index in [-0.39, 0.29) is 11.9 Å². The Bertz CT molecular complexity index is 571. The number of aromatic nitrogens is 2. The molecule has 1 amide bonds. The highest BCUT2D eigenvalue weighted by atomic mass is 16.1. The molecule has 0 aliphatic carbocycles. The molecule has 2 rings (SSSR count). The summed E-state index contributed by atoms with van der Waals surface area (Å²) in [4.78, 5) is 19.3. The molecule has 1 aromatic heterocycles. The van der Waals surface area contributed by atoms with Crippen molar-refractivity contribution in [1.29, 1.82) is 0 Å². The predicted octanol–water partition coefficient (Wildman–Crippen LogP) is 2.29. The molecule has 0 aliphatic rings. The number of nitrogens with zero attached hydrogens (tertiary/aromatic N) is 2. The van der Waals surface area contributed by atoms with Crippen molar-refractivity contribution in [3.05, 3.63) is 54.1 Å². The Hall–Kier alpha value is -2.27. The number of carbonyl (C=O) groups is 1. The van der Waals surface area contributed by atoms with Crippen LogP contribution in [0.2, 0.25) is 0 Å². The van der Waals surface area contributed by atoms with Gasteiger partial charge in [0.1, 0.15) is 0 Å². The first-order valence-corrected chi connectivity index (χ1v) is 6.51. The van der Waals surface area contributed by atoms with E-state index < -0.39 is 0 Å². The number of benzene rings is 1. The SMILES string of the molecule is CC(=O)Nc1cccc(C(C)NCc2cnccn2)c1. The van der Waals surface area contributed by atoms with Crippen LogP contribution in [0.25, 0.3) is 0 Å². The number of nitrogens with one attached hydrogen (secondary N) is 2. The minimum atomic E-state index is -0.0673. The molecule has 0 spiro atoms. The summed E-state index contributed by atoms with van der Waals surface area (Å²) >= 11 is 0. The van der Waals surface area contributed by atoms with E-state index in [0.29, 0.717) is 6.54 Å². The lowest BCUT2D eigenvalue weighted by atomic mass is 10.1. The van der Waals surface area contributed by atoms with Crippen molar-refractivity contribution < 1.29 is 4.79 Å². The summed E-state index contributed by atoms with van der Waals surface area (Å²) in [5.74, 6) is -0.0673. The lowest BCUT2D eigenvalue weighted by Crippen LogP contribution is -2.19. The van der Waals surface area contributed by atoms with Crippen LogP contribution in [0.4, 0.5) is 5.69 Å². The molecule has 2 N–H and O–H groups in total. The van der Waals surface area contributed by atoms with Gasteiger partial charge in [0.15, 0.2) is 0 Å². The van der Waals surface area contributed by atoms with Gasteiger partial charge >= 0.3 is 0 Å². The summed E-state index contributed by atoms with van der Waals surface area (Å²) in [6, 6.07) is 7.96. The van der Waals surface area contributed by atoms with E-state index in [1.807, 2.05) is 24.3 Å². The summed E-state index contributed by atoms with van der Waals surface area (Å²) in [6.45, 7) is 4.23. The van der Waals surface area contributed by atoms with Gasteiger partial charge in [-0.3, -0.25) is 14.8 Å². The van der Waals surface area contributed by atoms with Crippen molar-refractivity contribution in [1.82, 2.24) is 15.3 Å². The average molecular weight is 270 g/mol. The summed E-state index contributed by atoms with van der Waals surface area (Å²) in [5, 5.41) is 6.17. The number of hydrogen-bond donors (Lipinski definition) is 2. The lowest BCUT2D eigenvalue weighted by molar-refractivity contribution is -0.114. The Kier molecular flexibility index (Phi) is 4.79. The summed E-state index contributed by atoms with van der Waals surface area (Å²) in [7, 11) is 0. The molecule has 2 aromatic rings. The minimum Gasteiger partial charge on any atom is -0.326 e. The molecule has 0 aliphatic heterocycles. The van der Waals surface area contributed by atoms with E-state index in [1.165, 1.54) is 6.92 Å². The maximum Gasteiger partial charge on any atom is 0.221 e. The Labute approximate surface area is 118 Å². The van der Waals surface area contributed by atoms with Gasteiger partial charge in [-0.15, -0.1) is 0 Å². The molecule has 1 heterocycles. The molecule has 0 radical (unpaired) electrons. The zero-order valence-corrected chi connectivity index (χ0v) is 11.6. The fourth-order valence-corrected chi connectivity index (χ4v) is 1.89. The smallest absolute Gasteiger partial charge is 0.221 e. The molecule has 0 saturated carbocycles. The Morgan fingerprint density at radius 2 is 2.20 bits per heavy atom. The standard InChI is InChI=1S/C15H18N4O/c1-11(18-10-15-9-16-6-7-17-15)13-4-3-5-14(8-13)19-12(2)20/h3-9,11,18H,10H2,1-2H3,(H,19,20). The molecule has 1 unspecified atom stereocenters. The van der Waals surface area contributed by atoms with Crippen LogP contribution in [0.15, 0.2) is 42.9 Å². The highest BCUT2D eigenvalue weighted by molar-refractivity contribution is 5.88. The first-order chi connectivity index (χ1) is 9.65. The number of carbonyl (C=O) groups excluding carboxylic acids is 1. The Morgan fingerprint density at radius 3 is 2.90 bits per heavy atom. The van der Waals surface area contributed by atoms with Gasteiger partial charge in [-0.25, -0.2) is 0 Å². The molecular weight excluding hydrogens is 252 g/mol. The number of hydrogen-bond acceptors (Lipinski definition) is 4. The average Bonchev–Trinajstić information content (AvgIpc) is 2.45. The molecule has 0 saturated heterocycles. The largest absolute Gasteiger partial charge is 0.326 e. The monoisotopic (exact) mass is 270 g/mol. The Morgan fingerprint density at radius 1 is 1.35 bits per heavy atom. The van der Waals surface area contributed by atoms with Gasteiger partial charge in [-0.2, -0.15) is 0 Å². The third-order valence-electron chi connectivity index (χ3n) is 2.91. The van der Waals surface area contributed by atoms with Gasteiger partial charge in [0, 0.05) is 43.8 Å². The van der Waals surface area contributed by atoms with Gasteiger partial charge < -0.3 is 10.6 Å². The summed E-state index contributed by atoms with van der Waals surface area (Å²) in [6.07, 6.45) is 5.08. The van der Waals surface area contributed by atoms with Crippen LogP contribution in [0.3, 0.4) is 0 Å².